The zero-order valence-electron chi connectivity index (χ0n) is 13.5. The lowest BCUT2D eigenvalue weighted by Crippen LogP contribution is -2.41. The first-order chi connectivity index (χ1) is 11.0. The SMILES string of the molecule is CC(=NNC(=S)NC1CCCCC1)c1ccc(C)c([N+](=O)[O-])c1. The quantitative estimate of drug-likeness (QED) is 0.382. The van der Waals surface area contributed by atoms with Crippen molar-refractivity contribution in [3.8, 4) is 0 Å². The fourth-order valence-corrected chi connectivity index (χ4v) is 2.91. The lowest BCUT2D eigenvalue weighted by molar-refractivity contribution is -0.385. The molecule has 1 aliphatic carbocycles. The second kappa shape index (κ2) is 8.01. The van der Waals surface area contributed by atoms with Crippen LogP contribution in [0, 0.1) is 17.0 Å². The Kier molecular flexibility index (Phi) is 6.04. The Labute approximate surface area is 141 Å². The highest BCUT2D eigenvalue weighted by Crippen LogP contribution is 2.20. The highest BCUT2D eigenvalue weighted by molar-refractivity contribution is 7.80. The van der Waals surface area contributed by atoms with Gasteiger partial charge in [-0.1, -0.05) is 31.4 Å². The van der Waals surface area contributed by atoms with Gasteiger partial charge >= 0.3 is 0 Å². The molecule has 0 amide bonds. The van der Waals surface area contributed by atoms with Crippen LogP contribution in [0.4, 0.5) is 5.69 Å². The van der Waals surface area contributed by atoms with E-state index >= 15 is 0 Å². The van der Waals surface area contributed by atoms with Crippen LogP contribution in [0.25, 0.3) is 0 Å². The molecule has 1 aromatic carbocycles. The summed E-state index contributed by atoms with van der Waals surface area (Å²) in [4.78, 5) is 10.6. The fraction of sp³-hybridized carbons (Fsp3) is 0.500. The van der Waals surface area contributed by atoms with Crippen LogP contribution >= 0.6 is 12.2 Å². The number of hydrogen-bond donors (Lipinski definition) is 2. The number of thiocarbonyl (C=S) groups is 1. The predicted molar refractivity (Wildman–Crippen MR) is 95.8 cm³/mol. The van der Waals surface area contributed by atoms with E-state index in [0.717, 1.165) is 12.8 Å². The molecule has 1 aromatic rings. The van der Waals surface area contributed by atoms with Crippen LogP contribution in [0.15, 0.2) is 23.3 Å². The Morgan fingerprint density at radius 2 is 2.04 bits per heavy atom. The summed E-state index contributed by atoms with van der Waals surface area (Å²) in [5.41, 5.74) is 4.92. The Morgan fingerprint density at radius 1 is 1.35 bits per heavy atom. The molecule has 0 aliphatic heterocycles. The maximum atomic E-state index is 11.0. The molecule has 0 bridgehead atoms. The standard InChI is InChI=1S/C16H22N4O2S/c1-11-8-9-13(10-15(11)20(21)22)12(2)18-19-16(23)17-14-6-4-3-5-7-14/h8-10,14H,3-7H2,1-2H3,(H2,17,19,23). The van der Waals surface area contributed by atoms with Crippen LogP contribution in [-0.2, 0) is 0 Å². The summed E-state index contributed by atoms with van der Waals surface area (Å²) in [6, 6.07) is 5.50. The Hall–Kier alpha value is -2.02. The molecule has 0 heterocycles. The molecule has 6 nitrogen and oxygen atoms in total. The molecule has 0 unspecified atom stereocenters. The molecular weight excluding hydrogens is 312 g/mol. The van der Waals surface area contributed by atoms with E-state index in [9.17, 15) is 10.1 Å². The average molecular weight is 334 g/mol. The van der Waals surface area contributed by atoms with Gasteiger partial charge in [0.15, 0.2) is 5.11 Å². The predicted octanol–water partition coefficient (Wildman–Crippen LogP) is 3.42. The third kappa shape index (κ3) is 4.99. The molecule has 0 saturated heterocycles. The first kappa shape index (κ1) is 17.3. The number of rotatable bonds is 4. The monoisotopic (exact) mass is 334 g/mol. The lowest BCUT2D eigenvalue weighted by atomic mass is 9.96. The normalized spacial score (nSPS) is 16.0. The molecule has 2 rings (SSSR count). The fourth-order valence-electron chi connectivity index (χ4n) is 2.69. The minimum Gasteiger partial charge on any atom is -0.359 e. The second-order valence-corrected chi connectivity index (χ2v) is 6.28. The van der Waals surface area contributed by atoms with Crippen molar-refractivity contribution in [3.63, 3.8) is 0 Å². The van der Waals surface area contributed by atoms with Crippen molar-refractivity contribution in [2.75, 3.05) is 0 Å². The number of hydrazone groups is 1. The minimum atomic E-state index is -0.380. The van der Waals surface area contributed by atoms with Gasteiger partial charge < -0.3 is 5.32 Å². The van der Waals surface area contributed by atoms with Crippen LogP contribution in [0.2, 0.25) is 0 Å². The number of nitrogens with one attached hydrogen (secondary N) is 2. The smallest absolute Gasteiger partial charge is 0.272 e. The van der Waals surface area contributed by atoms with Gasteiger partial charge in [0.2, 0.25) is 0 Å². The third-order valence-electron chi connectivity index (χ3n) is 4.09. The van der Waals surface area contributed by atoms with Gasteiger partial charge in [-0.05, 0) is 38.9 Å². The van der Waals surface area contributed by atoms with Crippen molar-refractivity contribution < 1.29 is 4.92 Å². The molecule has 1 aliphatic rings. The maximum absolute atomic E-state index is 11.0. The van der Waals surface area contributed by atoms with Gasteiger partial charge in [-0.25, -0.2) is 0 Å². The molecule has 0 spiro atoms. The van der Waals surface area contributed by atoms with Gasteiger partial charge in [0.1, 0.15) is 0 Å². The van der Waals surface area contributed by atoms with Gasteiger partial charge in [0.25, 0.3) is 5.69 Å². The summed E-state index contributed by atoms with van der Waals surface area (Å²) in [6.07, 6.45) is 6.02. The Bertz CT molecular complexity index is 625. The summed E-state index contributed by atoms with van der Waals surface area (Å²) in [7, 11) is 0. The van der Waals surface area contributed by atoms with Crippen molar-refractivity contribution >= 4 is 28.7 Å². The highest BCUT2D eigenvalue weighted by Gasteiger charge is 2.14. The van der Waals surface area contributed by atoms with Gasteiger partial charge in [-0.15, -0.1) is 0 Å². The molecular formula is C16H22N4O2S. The Morgan fingerprint density at radius 3 is 2.70 bits per heavy atom. The van der Waals surface area contributed by atoms with Crippen LogP contribution in [-0.4, -0.2) is 21.8 Å². The van der Waals surface area contributed by atoms with Crippen LogP contribution in [0.1, 0.15) is 50.2 Å². The minimum absolute atomic E-state index is 0.0972. The zero-order chi connectivity index (χ0) is 16.8. The van der Waals surface area contributed by atoms with Crippen molar-refractivity contribution in [1.82, 2.24) is 10.7 Å². The van der Waals surface area contributed by atoms with E-state index in [1.54, 1.807) is 19.9 Å². The van der Waals surface area contributed by atoms with Crippen LogP contribution in [0.5, 0.6) is 0 Å². The summed E-state index contributed by atoms with van der Waals surface area (Å²) in [5, 5.41) is 19.0. The molecule has 2 N–H and O–H groups in total. The number of nitrogens with zero attached hydrogens (tertiary/aromatic N) is 2. The van der Waals surface area contributed by atoms with E-state index < -0.39 is 0 Å². The molecule has 23 heavy (non-hydrogen) atoms. The highest BCUT2D eigenvalue weighted by atomic mass is 32.1. The average Bonchev–Trinajstić information content (AvgIpc) is 2.53. The van der Waals surface area contributed by atoms with Gasteiger partial charge in [0, 0.05) is 23.2 Å². The van der Waals surface area contributed by atoms with Gasteiger partial charge in [0.05, 0.1) is 10.6 Å². The van der Waals surface area contributed by atoms with Crippen molar-refractivity contribution in [2.24, 2.45) is 5.10 Å². The van der Waals surface area contributed by atoms with E-state index in [1.807, 2.05) is 6.07 Å². The molecule has 0 radical (unpaired) electrons. The van der Waals surface area contributed by atoms with E-state index in [0.29, 0.717) is 28.0 Å². The van der Waals surface area contributed by atoms with Gasteiger partial charge in [-0.3, -0.25) is 15.5 Å². The largest absolute Gasteiger partial charge is 0.359 e. The van der Waals surface area contributed by atoms with Crippen LogP contribution in [0.3, 0.4) is 0 Å². The first-order valence-electron chi connectivity index (χ1n) is 7.83. The summed E-state index contributed by atoms with van der Waals surface area (Å²) >= 11 is 5.25. The number of aryl methyl sites for hydroxylation is 1. The lowest BCUT2D eigenvalue weighted by Gasteiger charge is -2.23. The van der Waals surface area contributed by atoms with E-state index in [-0.39, 0.29) is 10.6 Å². The first-order valence-corrected chi connectivity index (χ1v) is 8.24. The number of hydrogen-bond acceptors (Lipinski definition) is 4. The summed E-state index contributed by atoms with van der Waals surface area (Å²) in [6.45, 7) is 3.51. The van der Waals surface area contributed by atoms with Crippen LogP contribution < -0.4 is 10.7 Å². The topological polar surface area (TPSA) is 79.6 Å². The van der Waals surface area contributed by atoms with Crippen molar-refractivity contribution in [1.29, 1.82) is 0 Å². The van der Waals surface area contributed by atoms with E-state index in [2.05, 4.69) is 15.8 Å². The molecule has 0 atom stereocenters. The Balaban J connectivity index is 1.97. The van der Waals surface area contributed by atoms with Crippen molar-refractivity contribution in [3.05, 3.63) is 39.4 Å². The summed E-state index contributed by atoms with van der Waals surface area (Å²) in [5.74, 6) is 0. The maximum Gasteiger partial charge on any atom is 0.272 e. The third-order valence-corrected chi connectivity index (χ3v) is 4.30. The second-order valence-electron chi connectivity index (χ2n) is 5.88. The van der Waals surface area contributed by atoms with Crippen molar-refractivity contribution in [2.45, 2.75) is 52.0 Å². The number of benzene rings is 1. The molecule has 1 saturated carbocycles. The molecule has 1 fully saturated rings. The molecule has 0 aromatic heterocycles. The molecule has 124 valence electrons. The summed E-state index contributed by atoms with van der Waals surface area (Å²) < 4.78 is 0. The van der Waals surface area contributed by atoms with E-state index in [1.165, 1.54) is 25.3 Å². The zero-order valence-corrected chi connectivity index (χ0v) is 14.3. The number of nitro groups is 1. The van der Waals surface area contributed by atoms with Gasteiger partial charge in [-0.2, -0.15) is 5.10 Å². The van der Waals surface area contributed by atoms with E-state index in [4.69, 9.17) is 12.2 Å². The number of nitro benzene ring substituents is 1. The molecule has 7 heteroatoms.